The van der Waals surface area contributed by atoms with E-state index < -0.39 is 22.8 Å². The third-order valence-electron chi connectivity index (χ3n) is 3.31. The fraction of sp³-hybridized carbons (Fsp3) is 0.400. The minimum absolute atomic E-state index is 0.169. The number of nitrogens with one attached hydrogen (secondary N) is 1. The summed E-state index contributed by atoms with van der Waals surface area (Å²) < 4.78 is 39.1. The van der Waals surface area contributed by atoms with Crippen LogP contribution in [0.1, 0.15) is 31.4 Å². The van der Waals surface area contributed by atoms with Gasteiger partial charge >= 0.3 is 6.18 Å². The molecule has 1 aliphatic rings. The van der Waals surface area contributed by atoms with Gasteiger partial charge in [0.05, 0.1) is 22.9 Å². The second kappa shape index (κ2) is 6.62. The van der Waals surface area contributed by atoms with Crippen LogP contribution in [0.4, 0.5) is 18.9 Å². The van der Waals surface area contributed by atoms with Crippen molar-refractivity contribution in [3.05, 3.63) is 29.3 Å². The average Bonchev–Trinajstić information content (AvgIpc) is 2.94. The third-order valence-corrected chi connectivity index (χ3v) is 4.42. The number of hydrazone groups is 1. The number of nitrogens with zero attached hydrogens (tertiary/aromatic N) is 3. The summed E-state index contributed by atoms with van der Waals surface area (Å²) in [5.41, 5.74) is 1.22. The Morgan fingerprint density at radius 2 is 2.26 bits per heavy atom. The van der Waals surface area contributed by atoms with E-state index >= 15 is 0 Å². The second-order valence-corrected chi connectivity index (χ2v) is 6.40. The van der Waals surface area contributed by atoms with Crippen molar-refractivity contribution in [1.82, 2.24) is 5.43 Å². The van der Waals surface area contributed by atoms with E-state index in [2.05, 4.69) is 15.5 Å². The van der Waals surface area contributed by atoms with Crippen molar-refractivity contribution in [1.29, 1.82) is 5.26 Å². The predicted molar refractivity (Wildman–Crippen MR) is 86.0 cm³/mol. The standard InChI is InChI=1S/C15H15F3N4S/c1-3-23-13(14(2)6-7-20-22-14)21-11-5-4-10(9-19)12(8-11)15(16,17)18/h4-5,7-8,22H,3,6H2,1-2H3. The highest BCUT2D eigenvalue weighted by Crippen LogP contribution is 2.35. The van der Waals surface area contributed by atoms with E-state index in [1.807, 2.05) is 13.8 Å². The highest BCUT2D eigenvalue weighted by Gasteiger charge is 2.35. The summed E-state index contributed by atoms with van der Waals surface area (Å²) in [6.45, 7) is 3.84. The van der Waals surface area contributed by atoms with Crippen LogP contribution >= 0.6 is 11.8 Å². The molecule has 0 aliphatic carbocycles. The number of benzene rings is 1. The SMILES string of the molecule is CCSC(=Nc1ccc(C#N)c(C(F)(F)F)c1)C1(C)CC=NN1. The Morgan fingerprint density at radius 3 is 2.78 bits per heavy atom. The maximum absolute atomic E-state index is 13.0. The normalized spacial score (nSPS) is 21.1. The smallest absolute Gasteiger partial charge is 0.298 e. The van der Waals surface area contributed by atoms with E-state index in [1.165, 1.54) is 17.8 Å². The molecule has 0 radical (unpaired) electrons. The van der Waals surface area contributed by atoms with Gasteiger partial charge in [-0.1, -0.05) is 6.92 Å². The maximum Gasteiger partial charge on any atom is 0.417 e. The average molecular weight is 340 g/mol. The zero-order valence-electron chi connectivity index (χ0n) is 12.6. The monoisotopic (exact) mass is 340 g/mol. The molecule has 1 aliphatic heterocycles. The Kier molecular flexibility index (Phi) is 5.00. The summed E-state index contributed by atoms with van der Waals surface area (Å²) in [5.74, 6) is 0.735. The van der Waals surface area contributed by atoms with E-state index in [1.54, 1.807) is 12.3 Å². The molecule has 1 aromatic carbocycles. The van der Waals surface area contributed by atoms with Gasteiger partial charge in [0.1, 0.15) is 10.6 Å². The summed E-state index contributed by atoms with van der Waals surface area (Å²) in [6.07, 6.45) is -2.26. The van der Waals surface area contributed by atoms with Gasteiger partial charge in [-0.2, -0.15) is 23.5 Å². The zero-order valence-corrected chi connectivity index (χ0v) is 13.4. The van der Waals surface area contributed by atoms with Crippen LogP contribution in [0, 0.1) is 11.3 Å². The number of aliphatic imine (C=N–C) groups is 1. The first kappa shape index (κ1) is 17.3. The van der Waals surface area contributed by atoms with Crippen molar-refractivity contribution in [3.63, 3.8) is 0 Å². The summed E-state index contributed by atoms with van der Waals surface area (Å²) in [7, 11) is 0. The maximum atomic E-state index is 13.0. The topological polar surface area (TPSA) is 60.5 Å². The lowest BCUT2D eigenvalue weighted by molar-refractivity contribution is -0.137. The van der Waals surface area contributed by atoms with Crippen molar-refractivity contribution >= 4 is 28.7 Å². The van der Waals surface area contributed by atoms with Crippen molar-refractivity contribution in [2.45, 2.75) is 32.0 Å². The zero-order chi connectivity index (χ0) is 17.1. The molecular weight excluding hydrogens is 325 g/mol. The molecule has 0 bridgehead atoms. The first-order valence-electron chi connectivity index (χ1n) is 6.92. The summed E-state index contributed by atoms with van der Waals surface area (Å²) in [4.78, 5) is 4.38. The Labute approximate surface area is 136 Å². The molecular formula is C15H15F3N4S. The molecule has 0 aromatic heterocycles. The molecule has 23 heavy (non-hydrogen) atoms. The van der Waals surface area contributed by atoms with Gasteiger partial charge in [0.15, 0.2) is 0 Å². The minimum atomic E-state index is -4.59. The molecule has 0 amide bonds. The Balaban J connectivity index is 2.45. The van der Waals surface area contributed by atoms with Gasteiger partial charge in [-0.15, -0.1) is 11.8 Å². The quantitative estimate of drug-likeness (QED) is 0.666. The van der Waals surface area contributed by atoms with E-state index in [4.69, 9.17) is 5.26 Å². The lowest BCUT2D eigenvalue weighted by atomic mass is 10.0. The molecule has 1 unspecified atom stereocenters. The molecule has 1 aromatic rings. The molecule has 1 N–H and O–H groups in total. The summed E-state index contributed by atoms with van der Waals surface area (Å²) in [6, 6.07) is 5.04. The number of alkyl halides is 3. The number of halogens is 3. The largest absolute Gasteiger partial charge is 0.417 e. The number of thioether (sulfide) groups is 1. The predicted octanol–water partition coefficient (Wildman–Crippen LogP) is 4.10. The Hall–Kier alpha value is -2.01. The number of hydrogen-bond acceptors (Lipinski definition) is 5. The van der Waals surface area contributed by atoms with Crippen LogP contribution in [0.25, 0.3) is 0 Å². The Morgan fingerprint density at radius 1 is 1.52 bits per heavy atom. The molecule has 122 valence electrons. The van der Waals surface area contributed by atoms with Crippen molar-refractivity contribution in [2.24, 2.45) is 10.1 Å². The van der Waals surface area contributed by atoms with E-state index in [-0.39, 0.29) is 5.69 Å². The number of nitriles is 1. The van der Waals surface area contributed by atoms with Crippen LogP contribution < -0.4 is 5.43 Å². The van der Waals surface area contributed by atoms with Crippen LogP contribution in [-0.4, -0.2) is 22.6 Å². The summed E-state index contributed by atoms with van der Waals surface area (Å²) >= 11 is 1.45. The molecule has 2 rings (SSSR count). The van der Waals surface area contributed by atoms with Gasteiger partial charge in [0.25, 0.3) is 0 Å². The van der Waals surface area contributed by atoms with E-state index in [0.29, 0.717) is 11.5 Å². The summed E-state index contributed by atoms with van der Waals surface area (Å²) in [5, 5.41) is 13.5. The minimum Gasteiger partial charge on any atom is -0.298 e. The number of rotatable bonds is 3. The Bertz CT molecular complexity index is 681. The van der Waals surface area contributed by atoms with Gasteiger partial charge in [0, 0.05) is 12.6 Å². The number of hydrogen-bond donors (Lipinski definition) is 1. The van der Waals surface area contributed by atoms with Crippen molar-refractivity contribution < 1.29 is 13.2 Å². The highest BCUT2D eigenvalue weighted by molar-refractivity contribution is 8.14. The highest BCUT2D eigenvalue weighted by atomic mass is 32.2. The van der Waals surface area contributed by atoms with Gasteiger partial charge < -0.3 is 0 Å². The van der Waals surface area contributed by atoms with Gasteiger partial charge in [-0.25, -0.2) is 4.99 Å². The molecule has 1 heterocycles. The van der Waals surface area contributed by atoms with Crippen LogP contribution in [0.5, 0.6) is 0 Å². The molecule has 0 saturated heterocycles. The van der Waals surface area contributed by atoms with Crippen molar-refractivity contribution in [2.75, 3.05) is 5.75 Å². The second-order valence-electron chi connectivity index (χ2n) is 5.15. The first-order chi connectivity index (χ1) is 10.8. The van der Waals surface area contributed by atoms with Crippen molar-refractivity contribution in [3.8, 4) is 6.07 Å². The van der Waals surface area contributed by atoms with Crippen LogP contribution in [0.3, 0.4) is 0 Å². The third kappa shape index (κ3) is 3.85. The lowest BCUT2D eigenvalue weighted by Gasteiger charge is -2.25. The van der Waals surface area contributed by atoms with Gasteiger partial charge in [-0.3, -0.25) is 5.43 Å². The lowest BCUT2D eigenvalue weighted by Crippen LogP contribution is -2.42. The molecule has 1 atom stereocenters. The van der Waals surface area contributed by atoms with E-state index in [9.17, 15) is 13.2 Å². The molecule has 0 saturated carbocycles. The van der Waals surface area contributed by atoms with Gasteiger partial charge in [-0.05, 0) is 30.9 Å². The van der Waals surface area contributed by atoms with E-state index in [0.717, 1.165) is 17.9 Å². The molecule has 4 nitrogen and oxygen atoms in total. The van der Waals surface area contributed by atoms with Crippen LogP contribution in [0.15, 0.2) is 28.3 Å². The molecule has 8 heteroatoms. The fourth-order valence-corrected chi connectivity index (χ4v) is 2.99. The fourth-order valence-electron chi connectivity index (χ4n) is 2.10. The van der Waals surface area contributed by atoms with Gasteiger partial charge in [0.2, 0.25) is 0 Å². The van der Waals surface area contributed by atoms with Crippen LogP contribution in [-0.2, 0) is 6.18 Å². The first-order valence-corrected chi connectivity index (χ1v) is 7.90. The molecule has 0 fully saturated rings. The van der Waals surface area contributed by atoms with Crippen LogP contribution in [0.2, 0.25) is 0 Å². The molecule has 0 spiro atoms.